The Labute approximate surface area is 285 Å². The highest BCUT2D eigenvalue weighted by atomic mass is 35.5. The minimum absolute atomic E-state index is 0.0662. The number of allylic oxidation sites excluding steroid dienone is 1. The van der Waals surface area contributed by atoms with Crippen molar-refractivity contribution >= 4 is 41.0 Å². The van der Waals surface area contributed by atoms with Gasteiger partial charge in [-0.15, -0.1) is 0 Å². The first-order valence-corrected chi connectivity index (χ1v) is 17.2. The molecule has 2 fully saturated rings. The fourth-order valence-corrected chi connectivity index (χ4v) is 7.85. The summed E-state index contributed by atoms with van der Waals surface area (Å²) in [5.74, 6) is -3.48. The Morgan fingerprint density at radius 1 is 0.979 bits per heavy atom. The number of rotatable bonds is 8. The van der Waals surface area contributed by atoms with Gasteiger partial charge in [0.05, 0.1) is 29.3 Å². The Balaban J connectivity index is 1.42. The molecule has 3 amide bonds. The van der Waals surface area contributed by atoms with Gasteiger partial charge < -0.3 is 29.7 Å². The van der Waals surface area contributed by atoms with Gasteiger partial charge in [0.25, 0.3) is 5.91 Å². The van der Waals surface area contributed by atoms with Crippen molar-refractivity contribution in [2.24, 2.45) is 11.8 Å². The van der Waals surface area contributed by atoms with Crippen LogP contribution in [0, 0.1) is 18.8 Å². The number of hydrogen-bond acceptors (Lipinski definition) is 7. The number of likely N-dealkylation sites (tertiary alicyclic amines) is 1. The molecule has 11 heteroatoms. The van der Waals surface area contributed by atoms with Crippen molar-refractivity contribution in [2.75, 3.05) is 31.1 Å². The molecular weight excluding hydrogens is 634 g/mol. The van der Waals surface area contributed by atoms with Crippen molar-refractivity contribution in [3.63, 3.8) is 0 Å². The Bertz CT molecular complexity index is 1580. The summed E-state index contributed by atoms with van der Waals surface area (Å²) in [5.41, 5.74) is 0.635. The van der Waals surface area contributed by atoms with Crippen LogP contribution >= 0.6 is 11.6 Å². The van der Waals surface area contributed by atoms with Gasteiger partial charge in [0, 0.05) is 26.1 Å². The number of aryl methyl sites for hydroxylation is 1. The number of aliphatic hydroxyl groups excluding tert-OH is 1. The summed E-state index contributed by atoms with van der Waals surface area (Å²) in [6, 6.07) is 13.5. The summed E-state index contributed by atoms with van der Waals surface area (Å²) >= 11 is 6.74. The second kappa shape index (κ2) is 14.6. The van der Waals surface area contributed by atoms with Crippen LogP contribution < -0.4 is 10.2 Å². The third-order valence-corrected chi connectivity index (χ3v) is 10.1. The average Bonchev–Trinajstić information content (AvgIpc) is 3.72. The van der Waals surface area contributed by atoms with E-state index in [1.165, 1.54) is 0 Å². The molecule has 10 nitrogen and oxygen atoms in total. The molecule has 2 N–H and O–H groups in total. The van der Waals surface area contributed by atoms with E-state index in [2.05, 4.69) is 5.32 Å². The quantitative estimate of drug-likeness (QED) is 0.241. The van der Waals surface area contributed by atoms with Crippen LogP contribution in [0.15, 0.2) is 72.8 Å². The molecule has 0 unspecified atom stereocenters. The highest BCUT2D eigenvalue weighted by Crippen LogP contribution is 2.56. The minimum Gasteiger partial charge on any atom is -0.455 e. The number of cyclic esters (lactones) is 1. The Hall–Kier alpha value is -3.99. The van der Waals surface area contributed by atoms with Gasteiger partial charge in [0.2, 0.25) is 11.8 Å². The van der Waals surface area contributed by atoms with Crippen LogP contribution in [0.2, 0.25) is 5.02 Å². The normalized spacial score (nSPS) is 29.6. The second-order valence-electron chi connectivity index (χ2n) is 12.9. The molecule has 1 spiro atoms. The van der Waals surface area contributed by atoms with Crippen LogP contribution in [0.1, 0.15) is 55.8 Å². The number of halogens is 1. The van der Waals surface area contributed by atoms with Gasteiger partial charge in [0.15, 0.2) is 0 Å². The molecular formula is C37H42ClN3O7. The molecule has 4 heterocycles. The molecule has 2 saturated heterocycles. The first kappa shape index (κ1) is 33.9. The monoisotopic (exact) mass is 675 g/mol. The molecule has 0 aromatic heterocycles. The summed E-state index contributed by atoms with van der Waals surface area (Å²) in [6.07, 6.45) is 9.13. The van der Waals surface area contributed by atoms with Crippen LogP contribution in [0.4, 0.5) is 5.69 Å². The fraction of sp³-hybridized carbons (Fsp3) is 0.459. The number of amides is 3. The molecule has 48 heavy (non-hydrogen) atoms. The molecule has 6 rings (SSSR count). The number of fused-ring (bicyclic) bond motifs is 2. The van der Waals surface area contributed by atoms with Crippen molar-refractivity contribution < 1.29 is 33.8 Å². The molecule has 6 atom stereocenters. The predicted octanol–water partition coefficient (Wildman–Crippen LogP) is 4.44. The lowest BCUT2D eigenvalue weighted by molar-refractivity contribution is -0.159. The van der Waals surface area contributed by atoms with Crippen molar-refractivity contribution in [2.45, 2.75) is 69.3 Å². The summed E-state index contributed by atoms with van der Waals surface area (Å²) in [7, 11) is 0. The van der Waals surface area contributed by atoms with E-state index in [1.807, 2.05) is 61.5 Å². The van der Waals surface area contributed by atoms with Crippen LogP contribution in [-0.4, -0.2) is 77.7 Å². The van der Waals surface area contributed by atoms with E-state index in [0.717, 1.165) is 18.4 Å². The number of benzene rings is 2. The van der Waals surface area contributed by atoms with Crippen LogP contribution in [0.5, 0.6) is 0 Å². The zero-order valence-corrected chi connectivity index (χ0v) is 27.8. The minimum atomic E-state index is -1.38. The smallest absolute Gasteiger partial charge is 0.313 e. The van der Waals surface area contributed by atoms with E-state index in [9.17, 15) is 19.5 Å². The van der Waals surface area contributed by atoms with E-state index in [4.69, 9.17) is 21.1 Å². The lowest BCUT2D eigenvalue weighted by atomic mass is 9.74. The van der Waals surface area contributed by atoms with E-state index < -0.39 is 41.7 Å². The van der Waals surface area contributed by atoms with Crippen molar-refractivity contribution in [3.05, 3.63) is 89.0 Å². The average molecular weight is 676 g/mol. The molecule has 2 aromatic carbocycles. The number of unbranched alkanes of at least 4 members (excludes halogenated alkanes) is 3. The van der Waals surface area contributed by atoms with Crippen molar-refractivity contribution in [3.8, 4) is 0 Å². The van der Waals surface area contributed by atoms with Crippen LogP contribution in [-0.2, 0) is 28.7 Å². The number of ether oxygens (including phenoxy) is 2. The van der Waals surface area contributed by atoms with Gasteiger partial charge in [-0.2, -0.15) is 0 Å². The number of aliphatic hydroxyl groups is 1. The lowest BCUT2D eigenvalue weighted by Crippen LogP contribution is -2.56. The highest BCUT2D eigenvalue weighted by molar-refractivity contribution is 6.34. The molecule has 2 aromatic rings. The number of nitrogens with one attached hydrogen (secondary N) is 1. The van der Waals surface area contributed by atoms with Crippen molar-refractivity contribution in [1.29, 1.82) is 0 Å². The largest absolute Gasteiger partial charge is 0.455 e. The van der Waals surface area contributed by atoms with Gasteiger partial charge in [-0.05, 0) is 43.4 Å². The van der Waals surface area contributed by atoms with Gasteiger partial charge in [-0.1, -0.05) is 91.2 Å². The van der Waals surface area contributed by atoms with Gasteiger partial charge in [0.1, 0.15) is 23.7 Å². The van der Waals surface area contributed by atoms with Crippen molar-refractivity contribution in [1.82, 2.24) is 10.2 Å². The number of carbonyl (C=O) groups is 4. The highest BCUT2D eigenvalue weighted by Gasteiger charge is 2.73. The maximum absolute atomic E-state index is 15.0. The first-order valence-electron chi connectivity index (χ1n) is 16.8. The predicted molar refractivity (Wildman–Crippen MR) is 180 cm³/mol. The molecule has 254 valence electrons. The topological polar surface area (TPSA) is 125 Å². The number of carbonyl (C=O) groups excluding carboxylic acids is 4. The van der Waals surface area contributed by atoms with Gasteiger partial charge in [-0.3, -0.25) is 19.2 Å². The number of para-hydroxylation sites is 1. The molecule has 4 aliphatic heterocycles. The standard InChI is InChI=1S/C37H42ClN3O7/c1-24-13-12-16-26(38)32(24)40-20-10-5-8-17-29(43)39-23-28(25-14-6-4-7-15-25)47-36(46)30-27-18-19-37(48-27)31(30)34(44)41(33(37)35(40)45)21-9-2-3-11-22-42/h4-7,10,12-16,18-19,27-28,30-31,33,42H,2-3,8-9,11,17,20-23H2,1H3,(H,39,43)/b10-5-/t27-,28-,30+,31+,33-,37+/m1/s1. The summed E-state index contributed by atoms with van der Waals surface area (Å²) < 4.78 is 12.7. The maximum Gasteiger partial charge on any atom is 0.313 e. The summed E-state index contributed by atoms with van der Waals surface area (Å²) in [4.78, 5) is 59.6. The SMILES string of the molecule is Cc1cccc(Cl)c1N1C/C=C\CCC(=O)NC[C@H](c2ccccc2)OC(=O)[C@@H]2[C@H]3C(=O)N(CCCCCCO)[C@H](C1=O)[C@]31C=C[C@H]2O1. The molecule has 0 saturated carbocycles. The fourth-order valence-electron chi connectivity index (χ4n) is 7.53. The third-order valence-electron chi connectivity index (χ3n) is 9.82. The van der Waals surface area contributed by atoms with Crippen LogP contribution in [0.25, 0.3) is 0 Å². The number of hydrogen-bond donors (Lipinski definition) is 2. The molecule has 4 aliphatic rings. The molecule has 0 aliphatic carbocycles. The number of nitrogens with zero attached hydrogens (tertiary/aromatic N) is 2. The zero-order valence-electron chi connectivity index (χ0n) is 27.1. The van der Waals surface area contributed by atoms with Gasteiger partial charge >= 0.3 is 5.97 Å². The molecule has 5 bridgehead atoms. The first-order chi connectivity index (χ1) is 23.3. The lowest BCUT2D eigenvalue weighted by Gasteiger charge is -2.36. The number of anilines is 1. The third kappa shape index (κ3) is 6.41. The van der Waals surface area contributed by atoms with Gasteiger partial charge in [-0.25, -0.2) is 0 Å². The van der Waals surface area contributed by atoms with E-state index in [1.54, 1.807) is 28.0 Å². The van der Waals surface area contributed by atoms with E-state index in [0.29, 0.717) is 35.5 Å². The summed E-state index contributed by atoms with van der Waals surface area (Å²) in [5, 5.41) is 12.5. The zero-order chi connectivity index (χ0) is 33.8. The van der Waals surface area contributed by atoms with E-state index >= 15 is 4.79 Å². The second-order valence-corrected chi connectivity index (χ2v) is 13.3. The Kier molecular flexibility index (Phi) is 10.3. The maximum atomic E-state index is 15.0. The molecule has 0 radical (unpaired) electrons. The Morgan fingerprint density at radius 3 is 2.54 bits per heavy atom. The van der Waals surface area contributed by atoms with Crippen LogP contribution in [0.3, 0.4) is 0 Å². The summed E-state index contributed by atoms with van der Waals surface area (Å²) in [6.45, 7) is 2.46. The van der Waals surface area contributed by atoms with E-state index in [-0.39, 0.29) is 50.4 Å². The Morgan fingerprint density at radius 2 is 1.77 bits per heavy atom. The number of esters is 1.